The summed E-state index contributed by atoms with van der Waals surface area (Å²) in [6, 6.07) is 8.81. The Kier molecular flexibility index (Phi) is 8.72. The number of esters is 3. The first-order valence-corrected chi connectivity index (χ1v) is 13.3. The normalized spacial score (nSPS) is 14.6. The van der Waals surface area contributed by atoms with Gasteiger partial charge in [0.15, 0.2) is 27.8 Å². The topological polar surface area (TPSA) is 132 Å². The molecule has 4 rings (SSSR count). The number of hydrogen-bond donors (Lipinski definition) is 0. The lowest BCUT2D eigenvalue weighted by molar-refractivity contribution is -0.139. The van der Waals surface area contributed by atoms with Gasteiger partial charge in [0.05, 0.1) is 42.7 Å². The quantitative estimate of drug-likeness (QED) is 0.291. The summed E-state index contributed by atoms with van der Waals surface area (Å²) in [4.78, 5) is 54.9. The molecule has 12 heteroatoms. The van der Waals surface area contributed by atoms with Gasteiger partial charge < -0.3 is 23.7 Å². The standard InChI is InChI=1S/C29H28N2O9S/c1-7-38-28(35)25-15(2)30-29-31(26(25)19-9-11-21(40-17(4)33)23(14-19)37-6)27(34)24(41-29)13-18-8-10-20(39-16(3)32)22(12-18)36-5/h8-14,26H,7H2,1-6H3/b24-13+/t26-/m0/s1. The van der Waals surface area contributed by atoms with Crippen molar-refractivity contribution in [3.05, 3.63) is 78.5 Å². The second-order valence-corrected chi connectivity index (χ2v) is 9.82. The second kappa shape index (κ2) is 12.2. The van der Waals surface area contributed by atoms with Gasteiger partial charge in [0.25, 0.3) is 5.56 Å². The molecule has 0 fully saturated rings. The maximum atomic E-state index is 13.9. The Balaban J connectivity index is 1.91. The minimum atomic E-state index is -0.895. The van der Waals surface area contributed by atoms with Crippen LogP contribution in [-0.4, -0.2) is 43.3 Å². The van der Waals surface area contributed by atoms with Crippen molar-refractivity contribution in [2.24, 2.45) is 4.99 Å². The van der Waals surface area contributed by atoms with Crippen molar-refractivity contribution in [1.82, 2.24) is 4.57 Å². The number of fused-ring (bicyclic) bond motifs is 1. The largest absolute Gasteiger partial charge is 0.493 e. The Morgan fingerprint density at radius 2 is 1.56 bits per heavy atom. The first kappa shape index (κ1) is 29.3. The van der Waals surface area contributed by atoms with Gasteiger partial charge in [-0.15, -0.1) is 0 Å². The number of allylic oxidation sites excluding steroid dienone is 1. The Hall–Kier alpha value is -4.71. The van der Waals surface area contributed by atoms with Gasteiger partial charge in [-0.2, -0.15) is 0 Å². The summed E-state index contributed by atoms with van der Waals surface area (Å²) >= 11 is 1.15. The minimum absolute atomic E-state index is 0.132. The lowest BCUT2D eigenvalue weighted by Crippen LogP contribution is -2.40. The number of hydrogen-bond acceptors (Lipinski definition) is 11. The molecule has 0 amide bonds. The van der Waals surface area contributed by atoms with Crippen molar-refractivity contribution in [3.8, 4) is 23.0 Å². The number of carbonyl (C=O) groups excluding carboxylic acids is 3. The lowest BCUT2D eigenvalue weighted by Gasteiger charge is -2.25. The summed E-state index contributed by atoms with van der Waals surface area (Å²) in [5.74, 6) is -0.612. The van der Waals surface area contributed by atoms with Crippen molar-refractivity contribution < 1.29 is 38.1 Å². The summed E-state index contributed by atoms with van der Waals surface area (Å²) < 4.78 is 28.3. The molecule has 0 unspecified atom stereocenters. The van der Waals surface area contributed by atoms with Gasteiger partial charge in [-0.1, -0.05) is 23.5 Å². The first-order chi connectivity index (χ1) is 19.6. The molecule has 11 nitrogen and oxygen atoms in total. The van der Waals surface area contributed by atoms with Gasteiger partial charge in [0.1, 0.15) is 0 Å². The van der Waals surface area contributed by atoms with Crippen LogP contribution >= 0.6 is 11.3 Å². The highest BCUT2D eigenvalue weighted by Gasteiger charge is 2.34. The molecule has 0 radical (unpaired) electrons. The molecule has 1 atom stereocenters. The zero-order valence-corrected chi connectivity index (χ0v) is 24.1. The summed E-state index contributed by atoms with van der Waals surface area (Å²) in [6.45, 7) is 6.06. The highest BCUT2D eigenvalue weighted by atomic mass is 32.1. The predicted molar refractivity (Wildman–Crippen MR) is 149 cm³/mol. The molecule has 1 aromatic heterocycles. The van der Waals surface area contributed by atoms with Gasteiger partial charge in [-0.05, 0) is 55.3 Å². The molecular weight excluding hydrogens is 552 g/mol. The number of aromatic nitrogens is 1. The SMILES string of the molecule is CCOC(=O)C1=C(C)N=c2s/c(=C/c3ccc(OC(C)=O)c(OC)c3)c(=O)n2[C@H]1c1ccc(OC(C)=O)c(OC)c1. The smallest absolute Gasteiger partial charge is 0.338 e. The molecule has 3 aromatic rings. The molecule has 0 saturated carbocycles. The van der Waals surface area contributed by atoms with Crippen molar-refractivity contribution in [2.75, 3.05) is 20.8 Å². The Morgan fingerprint density at radius 3 is 2.15 bits per heavy atom. The highest BCUT2D eigenvalue weighted by molar-refractivity contribution is 7.07. The van der Waals surface area contributed by atoms with Crippen LogP contribution in [0.4, 0.5) is 0 Å². The van der Waals surface area contributed by atoms with E-state index in [1.54, 1.807) is 56.3 Å². The first-order valence-electron chi connectivity index (χ1n) is 12.5. The molecule has 2 aromatic carbocycles. The maximum Gasteiger partial charge on any atom is 0.338 e. The van der Waals surface area contributed by atoms with E-state index in [0.717, 1.165) is 11.3 Å². The van der Waals surface area contributed by atoms with Gasteiger partial charge in [0.2, 0.25) is 0 Å². The maximum absolute atomic E-state index is 13.9. The van der Waals surface area contributed by atoms with E-state index in [1.807, 2.05) is 0 Å². The van der Waals surface area contributed by atoms with Crippen molar-refractivity contribution in [2.45, 2.75) is 33.7 Å². The van der Waals surface area contributed by atoms with E-state index in [9.17, 15) is 19.2 Å². The Morgan fingerprint density at radius 1 is 0.951 bits per heavy atom. The number of thiazole rings is 1. The zero-order chi connectivity index (χ0) is 29.8. The van der Waals surface area contributed by atoms with Crippen molar-refractivity contribution >= 4 is 35.3 Å². The molecule has 0 bridgehead atoms. The van der Waals surface area contributed by atoms with Crippen LogP contribution in [0.5, 0.6) is 23.0 Å². The third kappa shape index (κ3) is 6.07. The van der Waals surface area contributed by atoms with E-state index in [-0.39, 0.29) is 35.0 Å². The van der Waals surface area contributed by atoms with Gasteiger partial charge in [0, 0.05) is 13.8 Å². The van der Waals surface area contributed by atoms with Gasteiger partial charge >= 0.3 is 17.9 Å². The van der Waals surface area contributed by atoms with Crippen LogP contribution < -0.4 is 33.8 Å². The molecule has 1 aliphatic rings. The summed E-state index contributed by atoms with van der Waals surface area (Å²) in [6.07, 6.45) is 1.66. The number of benzene rings is 2. The Bertz CT molecular complexity index is 1750. The lowest BCUT2D eigenvalue weighted by atomic mass is 9.95. The number of rotatable bonds is 8. The molecular formula is C29H28N2O9S. The fraction of sp³-hybridized carbons (Fsp3) is 0.276. The van der Waals surface area contributed by atoms with Crippen molar-refractivity contribution in [1.29, 1.82) is 0 Å². The van der Waals surface area contributed by atoms with Gasteiger partial charge in [-0.25, -0.2) is 9.79 Å². The van der Waals surface area contributed by atoms with Crippen LogP contribution in [0.1, 0.15) is 44.9 Å². The molecule has 0 spiro atoms. The summed E-state index contributed by atoms with van der Waals surface area (Å²) in [7, 11) is 2.87. The average Bonchev–Trinajstić information content (AvgIpc) is 3.22. The third-order valence-corrected chi connectivity index (χ3v) is 7.00. The predicted octanol–water partition coefficient (Wildman–Crippen LogP) is 2.67. The van der Waals surface area contributed by atoms with Gasteiger partial charge in [-0.3, -0.25) is 19.0 Å². The number of carbonyl (C=O) groups is 3. The number of ether oxygens (including phenoxy) is 5. The molecule has 214 valence electrons. The van der Waals surface area contributed by atoms with Crippen LogP contribution in [0.2, 0.25) is 0 Å². The molecule has 41 heavy (non-hydrogen) atoms. The summed E-state index contributed by atoms with van der Waals surface area (Å²) in [5, 5.41) is 0. The Labute approximate surface area is 238 Å². The van der Waals surface area contributed by atoms with Crippen LogP contribution in [0.25, 0.3) is 6.08 Å². The molecule has 2 heterocycles. The molecule has 0 saturated heterocycles. The fourth-order valence-corrected chi connectivity index (χ4v) is 5.41. The fourth-order valence-electron chi connectivity index (χ4n) is 4.36. The van der Waals surface area contributed by atoms with E-state index in [4.69, 9.17) is 23.7 Å². The molecule has 0 aliphatic carbocycles. The summed E-state index contributed by atoms with van der Waals surface area (Å²) in [5.41, 5.74) is 1.35. The second-order valence-electron chi connectivity index (χ2n) is 8.81. The van der Waals surface area contributed by atoms with Crippen LogP contribution in [-0.2, 0) is 19.1 Å². The third-order valence-electron chi connectivity index (χ3n) is 6.01. The van der Waals surface area contributed by atoms with Crippen LogP contribution in [0, 0.1) is 0 Å². The molecule has 1 aliphatic heterocycles. The number of nitrogens with zero attached hydrogens (tertiary/aromatic N) is 2. The van der Waals surface area contributed by atoms with E-state index in [2.05, 4.69) is 4.99 Å². The van der Waals surface area contributed by atoms with Crippen LogP contribution in [0.3, 0.4) is 0 Å². The van der Waals surface area contributed by atoms with E-state index < -0.39 is 23.9 Å². The number of methoxy groups -OCH3 is 2. The molecule has 0 N–H and O–H groups in total. The monoisotopic (exact) mass is 580 g/mol. The van der Waals surface area contributed by atoms with E-state index in [0.29, 0.717) is 31.9 Å². The highest BCUT2D eigenvalue weighted by Crippen LogP contribution is 2.36. The van der Waals surface area contributed by atoms with E-state index in [1.165, 1.54) is 32.6 Å². The average molecular weight is 581 g/mol. The van der Waals surface area contributed by atoms with Crippen LogP contribution in [0.15, 0.2) is 57.5 Å². The van der Waals surface area contributed by atoms with Crippen molar-refractivity contribution in [3.63, 3.8) is 0 Å². The minimum Gasteiger partial charge on any atom is -0.493 e. The van der Waals surface area contributed by atoms with E-state index >= 15 is 0 Å². The zero-order valence-electron chi connectivity index (χ0n) is 23.3.